The minimum atomic E-state index is 0. The highest BCUT2D eigenvalue weighted by atomic mass is 35.5. The van der Waals surface area contributed by atoms with Crippen molar-refractivity contribution >= 4 is 18.3 Å². The SMILES string of the molecule is COCCCC(C)C(=O)N1CCN[C@H](C)C1.Cl. The van der Waals surface area contributed by atoms with Crippen molar-refractivity contribution in [3.05, 3.63) is 0 Å². The molecule has 1 fully saturated rings. The minimum Gasteiger partial charge on any atom is -0.385 e. The summed E-state index contributed by atoms with van der Waals surface area (Å²) in [6, 6.07) is 0.420. The molecule has 102 valence electrons. The normalized spacial score (nSPS) is 21.8. The lowest BCUT2D eigenvalue weighted by Crippen LogP contribution is -2.52. The Hall–Kier alpha value is -0.320. The van der Waals surface area contributed by atoms with Crippen LogP contribution in [0.2, 0.25) is 0 Å². The van der Waals surface area contributed by atoms with Gasteiger partial charge in [0.2, 0.25) is 5.91 Å². The van der Waals surface area contributed by atoms with Crippen molar-refractivity contribution < 1.29 is 9.53 Å². The van der Waals surface area contributed by atoms with Gasteiger partial charge in [-0.25, -0.2) is 0 Å². The predicted molar refractivity (Wildman–Crippen MR) is 71.6 cm³/mol. The van der Waals surface area contributed by atoms with E-state index in [4.69, 9.17) is 4.74 Å². The topological polar surface area (TPSA) is 41.6 Å². The van der Waals surface area contributed by atoms with Crippen molar-refractivity contribution in [2.24, 2.45) is 5.92 Å². The number of rotatable bonds is 5. The first-order valence-corrected chi connectivity index (χ1v) is 6.16. The van der Waals surface area contributed by atoms with Crippen molar-refractivity contribution in [2.75, 3.05) is 33.4 Å². The highest BCUT2D eigenvalue weighted by Gasteiger charge is 2.24. The van der Waals surface area contributed by atoms with Crippen LogP contribution in [-0.4, -0.2) is 50.2 Å². The number of amides is 1. The lowest BCUT2D eigenvalue weighted by atomic mass is 10.0. The molecule has 0 aromatic heterocycles. The van der Waals surface area contributed by atoms with E-state index in [-0.39, 0.29) is 18.3 Å². The molecular formula is C12H25ClN2O2. The fraction of sp³-hybridized carbons (Fsp3) is 0.917. The summed E-state index contributed by atoms with van der Waals surface area (Å²) in [5.41, 5.74) is 0. The zero-order valence-corrected chi connectivity index (χ0v) is 11.9. The second kappa shape index (κ2) is 8.72. The molecule has 1 unspecified atom stereocenters. The molecule has 0 saturated carbocycles. The lowest BCUT2D eigenvalue weighted by Gasteiger charge is -2.33. The van der Waals surface area contributed by atoms with Crippen molar-refractivity contribution in [1.29, 1.82) is 0 Å². The maximum Gasteiger partial charge on any atom is 0.225 e. The zero-order valence-electron chi connectivity index (χ0n) is 11.1. The Morgan fingerprint density at radius 3 is 2.88 bits per heavy atom. The number of halogens is 1. The summed E-state index contributed by atoms with van der Waals surface area (Å²) in [5, 5.41) is 3.34. The van der Waals surface area contributed by atoms with Crippen LogP contribution in [0, 0.1) is 5.92 Å². The Kier molecular flexibility index (Phi) is 8.56. The average molecular weight is 265 g/mol. The zero-order chi connectivity index (χ0) is 12.0. The molecule has 0 radical (unpaired) electrons. The van der Waals surface area contributed by atoms with Gasteiger partial charge in [0.25, 0.3) is 0 Å². The standard InChI is InChI=1S/C12H24N2O2.ClH/c1-10(5-4-8-16-3)12(15)14-7-6-13-11(2)9-14;/h10-11,13H,4-9H2,1-3H3;1H/t10?,11-;/m1./s1. The van der Waals surface area contributed by atoms with Crippen LogP contribution in [0.15, 0.2) is 0 Å². The molecule has 1 aliphatic rings. The van der Waals surface area contributed by atoms with Crippen molar-refractivity contribution in [1.82, 2.24) is 10.2 Å². The van der Waals surface area contributed by atoms with Gasteiger partial charge in [0.15, 0.2) is 0 Å². The van der Waals surface area contributed by atoms with Crippen molar-refractivity contribution in [3.8, 4) is 0 Å². The van der Waals surface area contributed by atoms with Gasteiger partial charge < -0.3 is 15.0 Å². The van der Waals surface area contributed by atoms with Crippen LogP contribution in [0.4, 0.5) is 0 Å². The molecule has 1 amide bonds. The second-order valence-corrected chi connectivity index (χ2v) is 4.68. The Morgan fingerprint density at radius 1 is 1.59 bits per heavy atom. The van der Waals surface area contributed by atoms with Crippen LogP contribution in [0.5, 0.6) is 0 Å². The van der Waals surface area contributed by atoms with Crippen molar-refractivity contribution in [2.45, 2.75) is 32.7 Å². The van der Waals surface area contributed by atoms with Gasteiger partial charge in [-0.3, -0.25) is 4.79 Å². The van der Waals surface area contributed by atoms with E-state index in [9.17, 15) is 4.79 Å². The number of hydrogen-bond donors (Lipinski definition) is 1. The van der Waals surface area contributed by atoms with Gasteiger partial charge in [-0.1, -0.05) is 6.92 Å². The maximum absolute atomic E-state index is 12.1. The molecule has 0 spiro atoms. The first-order valence-electron chi connectivity index (χ1n) is 6.16. The Balaban J connectivity index is 0.00000256. The van der Waals surface area contributed by atoms with E-state index >= 15 is 0 Å². The molecular weight excluding hydrogens is 240 g/mol. The largest absolute Gasteiger partial charge is 0.385 e. The van der Waals surface area contributed by atoms with Crippen LogP contribution in [0.25, 0.3) is 0 Å². The fourth-order valence-electron chi connectivity index (χ4n) is 2.10. The molecule has 1 aliphatic heterocycles. The number of nitrogens with zero attached hydrogens (tertiary/aromatic N) is 1. The van der Waals surface area contributed by atoms with Gasteiger partial charge in [-0.15, -0.1) is 12.4 Å². The monoisotopic (exact) mass is 264 g/mol. The molecule has 0 aromatic rings. The summed E-state index contributed by atoms with van der Waals surface area (Å²) < 4.78 is 5.00. The summed E-state index contributed by atoms with van der Waals surface area (Å²) >= 11 is 0. The molecule has 0 bridgehead atoms. The highest BCUT2D eigenvalue weighted by molar-refractivity contribution is 5.85. The van der Waals surface area contributed by atoms with Gasteiger partial charge in [-0.2, -0.15) is 0 Å². The Labute approximate surface area is 110 Å². The molecule has 1 N–H and O–H groups in total. The van der Waals surface area contributed by atoms with Crippen LogP contribution in [0.3, 0.4) is 0 Å². The van der Waals surface area contributed by atoms with Crippen LogP contribution < -0.4 is 5.32 Å². The number of hydrogen-bond acceptors (Lipinski definition) is 3. The molecule has 5 heteroatoms. The number of nitrogens with one attached hydrogen (secondary N) is 1. The number of methoxy groups -OCH3 is 1. The van der Waals surface area contributed by atoms with Gasteiger partial charge in [-0.05, 0) is 19.8 Å². The molecule has 4 nitrogen and oxygen atoms in total. The highest BCUT2D eigenvalue weighted by Crippen LogP contribution is 2.11. The first-order chi connectivity index (χ1) is 7.65. The first kappa shape index (κ1) is 16.7. The Morgan fingerprint density at radius 2 is 2.29 bits per heavy atom. The third-order valence-corrected chi connectivity index (χ3v) is 3.09. The number of ether oxygens (including phenoxy) is 1. The van der Waals surface area contributed by atoms with Gasteiger partial charge in [0.1, 0.15) is 0 Å². The number of carbonyl (C=O) groups is 1. The smallest absolute Gasteiger partial charge is 0.225 e. The van der Waals surface area contributed by atoms with E-state index in [1.165, 1.54) is 0 Å². The quantitative estimate of drug-likeness (QED) is 0.761. The lowest BCUT2D eigenvalue weighted by molar-refractivity contribution is -0.136. The van der Waals surface area contributed by atoms with Gasteiger partial charge in [0.05, 0.1) is 0 Å². The van der Waals surface area contributed by atoms with Crippen LogP contribution >= 0.6 is 12.4 Å². The minimum absolute atomic E-state index is 0. The van der Waals surface area contributed by atoms with E-state index in [1.54, 1.807) is 7.11 Å². The van der Waals surface area contributed by atoms with E-state index in [2.05, 4.69) is 12.2 Å². The molecule has 0 aliphatic carbocycles. The number of piperazine rings is 1. The van der Waals surface area contributed by atoms with E-state index < -0.39 is 0 Å². The Bertz CT molecular complexity index is 227. The summed E-state index contributed by atoms with van der Waals surface area (Å²) in [7, 11) is 1.70. The number of carbonyl (C=O) groups excluding carboxylic acids is 1. The predicted octanol–water partition coefficient (Wildman–Crippen LogP) is 1.29. The summed E-state index contributed by atoms with van der Waals surface area (Å²) in [5.74, 6) is 0.421. The van der Waals surface area contributed by atoms with E-state index in [0.717, 1.165) is 39.1 Å². The second-order valence-electron chi connectivity index (χ2n) is 4.68. The van der Waals surface area contributed by atoms with Gasteiger partial charge >= 0.3 is 0 Å². The molecule has 17 heavy (non-hydrogen) atoms. The summed E-state index contributed by atoms with van der Waals surface area (Å²) in [6.07, 6.45) is 1.88. The molecule has 0 aromatic carbocycles. The fourth-order valence-corrected chi connectivity index (χ4v) is 2.10. The van der Waals surface area contributed by atoms with Crippen LogP contribution in [0.1, 0.15) is 26.7 Å². The average Bonchev–Trinajstić information content (AvgIpc) is 2.28. The van der Waals surface area contributed by atoms with E-state index in [0.29, 0.717) is 11.9 Å². The molecule has 1 rings (SSSR count). The molecule has 1 saturated heterocycles. The van der Waals surface area contributed by atoms with Crippen molar-refractivity contribution in [3.63, 3.8) is 0 Å². The summed E-state index contributed by atoms with van der Waals surface area (Å²) in [6.45, 7) is 7.48. The third-order valence-electron chi connectivity index (χ3n) is 3.09. The molecule has 1 heterocycles. The molecule has 2 atom stereocenters. The van der Waals surface area contributed by atoms with E-state index in [1.807, 2.05) is 11.8 Å². The van der Waals surface area contributed by atoms with Crippen LogP contribution in [-0.2, 0) is 9.53 Å². The van der Waals surface area contributed by atoms with Gasteiger partial charge in [0, 0.05) is 45.3 Å². The third kappa shape index (κ3) is 5.70. The summed E-state index contributed by atoms with van der Waals surface area (Å²) in [4.78, 5) is 14.1. The maximum atomic E-state index is 12.1.